The number of aliphatic hydroxyl groups excluding tert-OH is 1. The number of pyridine rings is 1. The molecule has 0 spiro atoms. The molecule has 0 unspecified atom stereocenters. The Morgan fingerprint density at radius 3 is 2.40 bits per heavy atom. The van der Waals surface area contributed by atoms with Crippen molar-refractivity contribution in [2.75, 3.05) is 7.11 Å². The highest BCUT2D eigenvalue weighted by Gasteiger charge is 2.21. The summed E-state index contributed by atoms with van der Waals surface area (Å²) in [6, 6.07) is 16.1. The van der Waals surface area contributed by atoms with Crippen LogP contribution in [0.5, 0.6) is 0 Å². The lowest BCUT2D eigenvalue weighted by molar-refractivity contribution is 0.399. The normalized spacial score (nSPS) is 11.5. The molecule has 0 radical (unpaired) electrons. The third-order valence-electron chi connectivity index (χ3n) is 3.69. The zero-order chi connectivity index (χ0) is 14.1. The van der Waals surface area contributed by atoms with Crippen LogP contribution >= 0.6 is 0 Å². The zero-order valence-corrected chi connectivity index (χ0v) is 11.2. The molecular formula is C17H15NO2. The number of aromatic nitrogens is 1. The lowest BCUT2D eigenvalue weighted by atomic mass is 10.0. The minimum absolute atomic E-state index is 0.000975. The molecule has 100 valence electrons. The van der Waals surface area contributed by atoms with Gasteiger partial charge in [0.15, 0.2) is 0 Å². The Morgan fingerprint density at radius 1 is 0.950 bits per heavy atom. The van der Waals surface area contributed by atoms with Crippen molar-refractivity contribution >= 4 is 10.8 Å². The molecule has 0 atom stereocenters. The molecule has 1 aromatic heterocycles. The molecule has 2 N–H and O–H groups in total. The average Bonchev–Trinajstić information content (AvgIpc) is 2.89. The zero-order valence-electron chi connectivity index (χ0n) is 11.2. The van der Waals surface area contributed by atoms with Crippen LogP contribution < -0.4 is 5.56 Å². The SMILES string of the molecule is CO.O=c1[nH]c2c(c3ccccc13)Cc1ccccc1-2. The van der Waals surface area contributed by atoms with Gasteiger partial charge in [-0.1, -0.05) is 42.5 Å². The van der Waals surface area contributed by atoms with Gasteiger partial charge < -0.3 is 10.1 Å². The van der Waals surface area contributed by atoms with Crippen LogP contribution in [0.4, 0.5) is 0 Å². The van der Waals surface area contributed by atoms with Crippen LogP contribution in [0.25, 0.3) is 22.0 Å². The summed E-state index contributed by atoms with van der Waals surface area (Å²) < 4.78 is 0. The molecule has 0 saturated carbocycles. The third-order valence-corrected chi connectivity index (χ3v) is 3.69. The number of hydrogen-bond acceptors (Lipinski definition) is 2. The van der Waals surface area contributed by atoms with Crippen LogP contribution in [0.2, 0.25) is 0 Å². The van der Waals surface area contributed by atoms with Gasteiger partial charge >= 0.3 is 0 Å². The molecular weight excluding hydrogens is 250 g/mol. The van der Waals surface area contributed by atoms with Gasteiger partial charge in [0.05, 0.1) is 5.69 Å². The van der Waals surface area contributed by atoms with Crippen molar-refractivity contribution in [3.05, 3.63) is 70.0 Å². The Labute approximate surface area is 116 Å². The lowest BCUT2D eigenvalue weighted by Gasteiger charge is -2.04. The van der Waals surface area contributed by atoms with Gasteiger partial charge in [-0.25, -0.2) is 0 Å². The van der Waals surface area contributed by atoms with Gasteiger partial charge in [-0.15, -0.1) is 0 Å². The Kier molecular flexibility index (Phi) is 3.12. The standard InChI is InChI=1S/C16H11NO.CH4O/c18-16-13-8-4-3-7-12(13)14-9-10-5-1-2-6-11(10)15(14)17-16;1-2/h1-8H,9H2,(H,17,18);2H,1H3. The summed E-state index contributed by atoms with van der Waals surface area (Å²) in [6.45, 7) is 0. The first-order valence-electron chi connectivity index (χ1n) is 6.51. The number of aliphatic hydroxyl groups is 1. The largest absolute Gasteiger partial charge is 0.400 e. The number of rotatable bonds is 0. The van der Waals surface area contributed by atoms with Crippen LogP contribution in [-0.4, -0.2) is 17.2 Å². The Bertz CT molecular complexity index is 834. The van der Waals surface area contributed by atoms with Crippen molar-refractivity contribution in [2.24, 2.45) is 0 Å². The molecule has 20 heavy (non-hydrogen) atoms. The summed E-state index contributed by atoms with van der Waals surface area (Å²) >= 11 is 0. The van der Waals surface area contributed by atoms with Crippen LogP contribution in [0.1, 0.15) is 11.1 Å². The molecule has 0 amide bonds. The van der Waals surface area contributed by atoms with E-state index in [1.165, 1.54) is 11.1 Å². The fourth-order valence-corrected chi connectivity index (χ4v) is 2.86. The van der Waals surface area contributed by atoms with Crippen LogP contribution in [0.3, 0.4) is 0 Å². The fourth-order valence-electron chi connectivity index (χ4n) is 2.86. The fraction of sp³-hybridized carbons (Fsp3) is 0.118. The second-order valence-corrected chi connectivity index (χ2v) is 4.69. The van der Waals surface area contributed by atoms with E-state index in [9.17, 15) is 4.79 Å². The van der Waals surface area contributed by atoms with Gasteiger partial charge in [0, 0.05) is 24.5 Å². The molecule has 1 aliphatic rings. The highest BCUT2D eigenvalue weighted by atomic mass is 16.2. The molecule has 1 aliphatic carbocycles. The number of benzene rings is 2. The highest BCUT2D eigenvalue weighted by molar-refractivity contribution is 5.92. The van der Waals surface area contributed by atoms with Crippen molar-refractivity contribution < 1.29 is 5.11 Å². The summed E-state index contributed by atoms with van der Waals surface area (Å²) in [5.74, 6) is 0. The highest BCUT2D eigenvalue weighted by Crippen LogP contribution is 2.37. The second-order valence-electron chi connectivity index (χ2n) is 4.69. The van der Waals surface area contributed by atoms with Crippen LogP contribution in [0.15, 0.2) is 53.3 Å². The predicted octanol–water partition coefficient (Wildman–Crippen LogP) is 2.71. The van der Waals surface area contributed by atoms with Gasteiger partial charge in [0.2, 0.25) is 0 Å². The molecule has 3 nitrogen and oxygen atoms in total. The molecule has 0 bridgehead atoms. The van der Waals surface area contributed by atoms with E-state index >= 15 is 0 Å². The first kappa shape index (κ1) is 12.6. The maximum Gasteiger partial charge on any atom is 0.256 e. The molecule has 0 saturated heterocycles. The molecule has 3 aromatic rings. The van der Waals surface area contributed by atoms with Crippen molar-refractivity contribution in [3.8, 4) is 11.3 Å². The van der Waals surface area contributed by atoms with E-state index < -0.39 is 0 Å². The van der Waals surface area contributed by atoms with Crippen LogP contribution in [0, 0.1) is 0 Å². The minimum atomic E-state index is 0.000975. The first-order valence-corrected chi connectivity index (χ1v) is 6.51. The summed E-state index contributed by atoms with van der Waals surface area (Å²) in [7, 11) is 1.00. The maximum absolute atomic E-state index is 12.1. The van der Waals surface area contributed by atoms with E-state index in [4.69, 9.17) is 5.11 Å². The lowest BCUT2D eigenvalue weighted by Crippen LogP contribution is -2.08. The minimum Gasteiger partial charge on any atom is -0.400 e. The van der Waals surface area contributed by atoms with Crippen LogP contribution in [-0.2, 0) is 6.42 Å². The molecule has 2 aromatic carbocycles. The van der Waals surface area contributed by atoms with E-state index in [0.717, 1.165) is 35.6 Å². The topological polar surface area (TPSA) is 53.1 Å². The van der Waals surface area contributed by atoms with Gasteiger partial charge in [-0.3, -0.25) is 4.79 Å². The van der Waals surface area contributed by atoms with Crippen molar-refractivity contribution in [1.29, 1.82) is 0 Å². The van der Waals surface area contributed by atoms with Gasteiger partial charge in [0.25, 0.3) is 5.56 Å². The number of aromatic amines is 1. The Balaban J connectivity index is 0.000000581. The number of nitrogens with one attached hydrogen (secondary N) is 1. The van der Waals surface area contributed by atoms with Crippen molar-refractivity contribution in [3.63, 3.8) is 0 Å². The summed E-state index contributed by atoms with van der Waals surface area (Å²) in [4.78, 5) is 15.1. The summed E-state index contributed by atoms with van der Waals surface area (Å²) in [5.41, 5.74) is 4.69. The maximum atomic E-state index is 12.1. The monoisotopic (exact) mass is 265 g/mol. The van der Waals surface area contributed by atoms with E-state index in [2.05, 4.69) is 17.1 Å². The summed E-state index contributed by atoms with van der Waals surface area (Å²) in [5, 5.41) is 8.86. The molecule has 1 heterocycles. The predicted molar refractivity (Wildman–Crippen MR) is 81.0 cm³/mol. The molecule has 3 heteroatoms. The van der Waals surface area contributed by atoms with Gasteiger partial charge in [0.1, 0.15) is 0 Å². The number of H-pyrrole nitrogens is 1. The quantitative estimate of drug-likeness (QED) is 0.513. The second kappa shape index (κ2) is 4.94. The van der Waals surface area contributed by atoms with Gasteiger partial charge in [-0.2, -0.15) is 0 Å². The van der Waals surface area contributed by atoms with Crippen molar-refractivity contribution in [1.82, 2.24) is 4.98 Å². The number of hydrogen-bond donors (Lipinski definition) is 2. The van der Waals surface area contributed by atoms with E-state index in [1.54, 1.807) is 0 Å². The Morgan fingerprint density at radius 2 is 1.60 bits per heavy atom. The van der Waals surface area contributed by atoms with Gasteiger partial charge in [-0.05, 0) is 22.6 Å². The number of fused-ring (bicyclic) bond motifs is 5. The molecule has 4 rings (SSSR count). The van der Waals surface area contributed by atoms with E-state index in [0.29, 0.717) is 0 Å². The van der Waals surface area contributed by atoms with E-state index in [-0.39, 0.29) is 5.56 Å². The molecule has 0 fully saturated rings. The van der Waals surface area contributed by atoms with E-state index in [1.807, 2.05) is 36.4 Å². The summed E-state index contributed by atoms with van der Waals surface area (Å²) in [6.07, 6.45) is 0.906. The third kappa shape index (κ3) is 1.75. The average molecular weight is 265 g/mol. The smallest absolute Gasteiger partial charge is 0.256 e. The molecule has 0 aliphatic heterocycles. The Hall–Kier alpha value is -2.39. The first-order chi connectivity index (χ1) is 9.84. The van der Waals surface area contributed by atoms with Crippen molar-refractivity contribution in [2.45, 2.75) is 6.42 Å².